The smallest absolute Gasteiger partial charge is 0.118 e. The van der Waals surface area contributed by atoms with Gasteiger partial charge in [-0.2, -0.15) is 0 Å². The molecule has 1 rings (SSSR count). The Balaban J connectivity index is 2.70. The van der Waals surface area contributed by atoms with Crippen molar-refractivity contribution in [1.29, 1.82) is 0 Å². The third-order valence-corrected chi connectivity index (χ3v) is 1.32. The Kier molecular flexibility index (Phi) is 2.35. The van der Waals surface area contributed by atoms with E-state index < -0.39 is 0 Å². The molecule has 5 heteroatoms. The minimum absolute atomic E-state index is 0.743. The fourth-order valence-corrected chi connectivity index (χ4v) is 0.811. The fraction of sp³-hybridized carbons (Fsp3) is 0.600. The number of hydrogen-bond acceptors (Lipinski definition) is 2. The summed E-state index contributed by atoms with van der Waals surface area (Å²) in [5.74, 6) is 0. The van der Waals surface area contributed by atoms with Crippen LogP contribution in [0.15, 0.2) is 6.20 Å². The summed E-state index contributed by atoms with van der Waals surface area (Å²) in [5.41, 5.74) is 8.55. The van der Waals surface area contributed by atoms with E-state index >= 15 is 0 Å². The Morgan fingerprint density at radius 3 is 2.90 bits per heavy atom. The molecule has 0 spiro atoms. The maximum atomic E-state index is 3.86. The van der Waals surface area contributed by atoms with Crippen LogP contribution in [0.2, 0.25) is 0 Å². The molecule has 10 heavy (non-hydrogen) atoms. The number of hydrogen-bond donors (Lipinski definition) is 2. The second kappa shape index (κ2) is 3.28. The molecule has 6 N–H and O–H groups in total. The van der Waals surface area contributed by atoms with Crippen LogP contribution >= 0.6 is 0 Å². The van der Waals surface area contributed by atoms with Gasteiger partial charge in [0.1, 0.15) is 12.2 Å². The van der Waals surface area contributed by atoms with Gasteiger partial charge in [-0.1, -0.05) is 5.21 Å². The van der Waals surface area contributed by atoms with E-state index in [0.717, 1.165) is 25.3 Å². The average Bonchev–Trinajstić information content (AvgIpc) is 2.36. The highest BCUT2D eigenvalue weighted by molar-refractivity contribution is 4.89. The maximum absolute atomic E-state index is 3.86. The van der Waals surface area contributed by atoms with Crippen molar-refractivity contribution in [2.24, 2.45) is 0 Å². The summed E-state index contributed by atoms with van der Waals surface area (Å²) in [7, 11) is 0. The second-order valence-electron chi connectivity index (χ2n) is 2.05. The zero-order valence-electron chi connectivity index (χ0n) is 5.95. The Labute approximate surface area is 59.0 Å². The van der Waals surface area contributed by atoms with Crippen LogP contribution in [0.1, 0.15) is 5.69 Å². The highest BCUT2D eigenvalue weighted by Crippen LogP contribution is 1.90. The predicted octanol–water partition coefficient (Wildman–Crippen LogP) is -2.74. The van der Waals surface area contributed by atoms with Crippen LogP contribution < -0.4 is 11.5 Å². The molecule has 0 radical (unpaired) electrons. The summed E-state index contributed by atoms with van der Waals surface area (Å²) in [5, 5.41) is 7.62. The number of nitrogens with zero attached hydrogens (tertiary/aromatic N) is 3. The third-order valence-electron chi connectivity index (χ3n) is 1.32. The van der Waals surface area contributed by atoms with Gasteiger partial charge in [-0.3, -0.25) is 0 Å². The van der Waals surface area contributed by atoms with Crippen molar-refractivity contribution in [1.82, 2.24) is 15.0 Å². The van der Waals surface area contributed by atoms with Crippen molar-refractivity contribution in [3.8, 4) is 0 Å². The van der Waals surface area contributed by atoms with Crippen molar-refractivity contribution in [3.63, 3.8) is 0 Å². The zero-order chi connectivity index (χ0) is 7.40. The van der Waals surface area contributed by atoms with Gasteiger partial charge in [0.05, 0.1) is 19.3 Å². The summed E-state index contributed by atoms with van der Waals surface area (Å²) in [6, 6.07) is 0. The first-order valence-corrected chi connectivity index (χ1v) is 3.34. The molecule has 0 aromatic carbocycles. The molecule has 0 amide bonds. The minimum atomic E-state index is 0.743. The minimum Gasteiger partial charge on any atom is -0.356 e. The number of rotatable bonds is 3. The van der Waals surface area contributed by atoms with Crippen LogP contribution in [-0.4, -0.2) is 21.5 Å². The lowest BCUT2D eigenvalue weighted by atomic mass is 10.4. The molecular weight excluding hydrogens is 130 g/mol. The topological polar surface area (TPSA) is 86.0 Å². The average molecular weight is 143 g/mol. The number of aromatic nitrogens is 3. The quantitative estimate of drug-likeness (QED) is 0.481. The highest BCUT2D eigenvalue weighted by atomic mass is 15.4. The first-order valence-electron chi connectivity index (χ1n) is 3.34. The van der Waals surface area contributed by atoms with Gasteiger partial charge in [0, 0.05) is 0 Å². The molecule has 5 nitrogen and oxygen atoms in total. The van der Waals surface area contributed by atoms with E-state index in [4.69, 9.17) is 0 Å². The molecule has 56 valence electrons. The molecule has 0 bridgehead atoms. The zero-order valence-corrected chi connectivity index (χ0v) is 5.95. The lowest BCUT2D eigenvalue weighted by molar-refractivity contribution is -0.389. The first kappa shape index (κ1) is 7.17. The third kappa shape index (κ3) is 1.31. The fourth-order valence-electron chi connectivity index (χ4n) is 0.811. The molecular formula is C5H13N5+2. The Hall–Kier alpha value is -0.940. The van der Waals surface area contributed by atoms with Gasteiger partial charge in [0.2, 0.25) is 0 Å². The maximum Gasteiger partial charge on any atom is 0.118 e. The molecule has 1 aromatic heterocycles. The van der Waals surface area contributed by atoms with E-state index in [9.17, 15) is 0 Å². The van der Waals surface area contributed by atoms with E-state index in [1.165, 1.54) is 0 Å². The van der Waals surface area contributed by atoms with Gasteiger partial charge >= 0.3 is 0 Å². The van der Waals surface area contributed by atoms with E-state index in [1.807, 2.05) is 4.68 Å². The van der Waals surface area contributed by atoms with Crippen molar-refractivity contribution in [3.05, 3.63) is 11.9 Å². The van der Waals surface area contributed by atoms with Crippen LogP contribution in [0.4, 0.5) is 0 Å². The summed E-state index contributed by atoms with van der Waals surface area (Å²) in [6.45, 7) is 2.42. The van der Waals surface area contributed by atoms with Gasteiger partial charge in [0.15, 0.2) is 0 Å². The largest absolute Gasteiger partial charge is 0.356 e. The summed E-state index contributed by atoms with van der Waals surface area (Å²) in [4.78, 5) is 0. The summed E-state index contributed by atoms with van der Waals surface area (Å²) >= 11 is 0. The van der Waals surface area contributed by atoms with Crippen LogP contribution in [0.25, 0.3) is 0 Å². The van der Waals surface area contributed by atoms with Gasteiger partial charge < -0.3 is 11.5 Å². The Bertz CT molecular complexity index is 194. The highest BCUT2D eigenvalue weighted by Gasteiger charge is 2.01. The lowest BCUT2D eigenvalue weighted by Crippen LogP contribution is -2.53. The molecule has 0 atom stereocenters. The Morgan fingerprint density at radius 2 is 2.30 bits per heavy atom. The lowest BCUT2D eigenvalue weighted by Gasteiger charge is -1.96. The van der Waals surface area contributed by atoms with Gasteiger partial charge in [0.25, 0.3) is 0 Å². The van der Waals surface area contributed by atoms with Crippen LogP contribution in [0.5, 0.6) is 0 Å². The molecule has 0 aliphatic heterocycles. The van der Waals surface area contributed by atoms with Crippen LogP contribution in [0, 0.1) is 0 Å². The van der Waals surface area contributed by atoms with E-state index in [1.54, 1.807) is 6.20 Å². The molecule has 0 saturated carbocycles. The van der Waals surface area contributed by atoms with Crippen molar-refractivity contribution < 1.29 is 11.5 Å². The second-order valence-corrected chi connectivity index (χ2v) is 2.05. The van der Waals surface area contributed by atoms with Crippen LogP contribution in [-0.2, 0) is 13.1 Å². The van der Waals surface area contributed by atoms with Crippen molar-refractivity contribution >= 4 is 0 Å². The van der Waals surface area contributed by atoms with Gasteiger partial charge in [-0.15, -0.1) is 5.10 Å². The summed E-state index contributed by atoms with van der Waals surface area (Å²) < 4.78 is 1.83. The molecule has 1 heterocycles. The van der Waals surface area contributed by atoms with E-state index in [2.05, 4.69) is 21.8 Å². The molecule has 0 saturated heterocycles. The van der Waals surface area contributed by atoms with Gasteiger partial charge in [-0.25, -0.2) is 4.68 Å². The predicted molar refractivity (Wildman–Crippen MR) is 34.4 cm³/mol. The molecule has 0 aliphatic carbocycles. The SMILES string of the molecule is [NH3+]CCn1nncc1C[NH3+]. The van der Waals surface area contributed by atoms with Crippen molar-refractivity contribution in [2.45, 2.75) is 13.1 Å². The van der Waals surface area contributed by atoms with Gasteiger partial charge in [-0.05, 0) is 0 Å². The standard InChI is InChI=1S/C5H11N5/c6-1-2-10-5(3-7)4-8-9-10/h4H,1-3,6-7H2/p+2. The van der Waals surface area contributed by atoms with Crippen LogP contribution in [0.3, 0.4) is 0 Å². The number of quaternary nitrogens is 2. The van der Waals surface area contributed by atoms with E-state index in [0.29, 0.717) is 0 Å². The molecule has 0 aliphatic rings. The van der Waals surface area contributed by atoms with Crippen molar-refractivity contribution in [2.75, 3.05) is 6.54 Å². The normalized spacial score (nSPS) is 10.2. The Morgan fingerprint density at radius 1 is 1.50 bits per heavy atom. The summed E-state index contributed by atoms with van der Waals surface area (Å²) in [6.07, 6.45) is 1.74. The van der Waals surface area contributed by atoms with E-state index in [-0.39, 0.29) is 0 Å². The first-order chi connectivity index (χ1) is 4.88. The molecule has 1 aromatic rings. The molecule has 0 unspecified atom stereocenters. The molecule has 0 fully saturated rings. The monoisotopic (exact) mass is 143 g/mol.